The number of benzene rings is 1. The largest absolute Gasteiger partial charge is 0.495 e. The SMILES string of the molecule is CCc1ccc(C(NC)c2ccc(OC)c(Br)c2OC)s1. The predicted molar refractivity (Wildman–Crippen MR) is 91.8 cm³/mol. The second-order valence-electron chi connectivity index (χ2n) is 4.58. The summed E-state index contributed by atoms with van der Waals surface area (Å²) in [5.41, 5.74) is 1.09. The Morgan fingerprint density at radius 2 is 1.95 bits per heavy atom. The molecule has 2 rings (SSSR count). The number of hydrogen-bond acceptors (Lipinski definition) is 4. The van der Waals surface area contributed by atoms with E-state index in [1.54, 1.807) is 14.2 Å². The van der Waals surface area contributed by atoms with Crippen molar-refractivity contribution in [1.29, 1.82) is 0 Å². The third kappa shape index (κ3) is 3.25. The maximum absolute atomic E-state index is 5.59. The van der Waals surface area contributed by atoms with Gasteiger partial charge in [0.2, 0.25) is 0 Å². The van der Waals surface area contributed by atoms with Crippen LogP contribution in [0.4, 0.5) is 0 Å². The van der Waals surface area contributed by atoms with E-state index in [9.17, 15) is 0 Å². The van der Waals surface area contributed by atoms with E-state index in [1.807, 2.05) is 24.5 Å². The predicted octanol–water partition coefficient (Wildman–Crippen LogP) is 4.40. The summed E-state index contributed by atoms with van der Waals surface area (Å²) in [6, 6.07) is 8.49. The molecular weight excluding hydrogens is 350 g/mol. The normalized spacial score (nSPS) is 12.2. The van der Waals surface area contributed by atoms with Gasteiger partial charge < -0.3 is 14.8 Å². The van der Waals surface area contributed by atoms with Crippen molar-refractivity contribution < 1.29 is 9.47 Å². The summed E-state index contributed by atoms with van der Waals surface area (Å²) in [7, 11) is 5.30. The van der Waals surface area contributed by atoms with Crippen LogP contribution >= 0.6 is 27.3 Å². The molecule has 0 saturated heterocycles. The van der Waals surface area contributed by atoms with Crippen LogP contribution in [0.1, 0.15) is 28.3 Å². The standard InChI is InChI=1S/C16H20BrNO2S/c1-5-10-6-9-13(21-10)15(18-2)11-7-8-12(19-3)14(17)16(11)20-4/h6-9,15,18H,5H2,1-4H3. The van der Waals surface area contributed by atoms with Crippen molar-refractivity contribution in [2.24, 2.45) is 0 Å². The zero-order valence-electron chi connectivity index (χ0n) is 12.7. The van der Waals surface area contributed by atoms with Crippen molar-refractivity contribution in [2.75, 3.05) is 21.3 Å². The topological polar surface area (TPSA) is 30.5 Å². The maximum Gasteiger partial charge on any atom is 0.141 e. The third-order valence-electron chi connectivity index (χ3n) is 3.43. The van der Waals surface area contributed by atoms with Crippen LogP contribution in [0.5, 0.6) is 11.5 Å². The Hall–Kier alpha value is -1.04. The van der Waals surface area contributed by atoms with E-state index in [2.05, 4.69) is 46.4 Å². The molecule has 1 N–H and O–H groups in total. The molecule has 1 aromatic carbocycles. The average molecular weight is 370 g/mol. The quantitative estimate of drug-likeness (QED) is 0.818. The molecule has 0 aliphatic rings. The molecule has 0 bridgehead atoms. The van der Waals surface area contributed by atoms with Gasteiger partial charge in [-0.05, 0) is 53.7 Å². The number of aryl methyl sites for hydroxylation is 1. The van der Waals surface area contributed by atoms with Crippen LogP contribution in [0.3, 0.4) is 0 Å². The average Bonchev–Trinajstić information content (AvgIpc) is 2.97. The molecule has 1 heterocycles. The molecule has 0 saturated carbocycles. The molecule has 3 nitrogen and oxygen atoms in total. The highest BCUT2D eigenvalue weighted by Crippen LogP contribution is 2.42. The van der Waals surface area contributed by atoms with Gasteiger partial charge in [-0.1, -0.05) is 6.92 Å². The molecule has 114 valence electrons. The smallest absolute Gasteiger partial charge is 0.141 e. The molecular formula is C16H20BrNO2S. The van der Waals surface area contributed by atoms with Gasteiger partial charge in [0, 0.05) is 15.3 Å². The van der Waals surface area contributed by atoms with Crippen LogP contribution in [0, 0.1) is 0 Å². The first-order chi connectivity index (χ1) is 10.2. The summed E-state index contributed by atoms with van der Waals surface area (Å²) >= 11 is 5.40. The minimum absolute atomic E-state index is 0.104. The Labute approximate surface area is 138 Å². The third-order valence-corrected chi connectivity index (χ3v) is 5.48. The fraction of sp³-hybridized carbons (Fsp3) is 0.375. The summed E-state index contributed by atoms with van der Waals surface area (Å²) in [6.07, 6.45) is 1.06. The maximum atomic E-state index is 5.59. The van der Waals surface area contributed by atoms with E-state index in [0.29, 0.717) is 0 Å². The monoisotopic (exact) mass is 369 g/mol. The highest BCUT2D eigenvalue weighted by Gasteiger charge is 2.22. The summed E-state index contributed by atoms with van der Waals surface area (Å²) in [5.74, 6) is 1.58. The molecule has 1 unspecified atom stereocenters. The number of rotatable bonds is 6. The number of ether oxygens (including phenoxy) is 2. The summed E-state index contributed by atoms with van der Waals surface area (Å²) in [5, 5.41) is 3.38. The Kier molecular flexibility index (Phi) is 5.67. The lowest BCUT2D eigenvalue weighted by molar-refractivity contribution is 0.383. The number of halogens is 1. The molecule has 21 heavy (non-hydrogen) atoms. The van der Waals surface area contributed by atoms with E-state index in [4.69, 9.17) is 9.47 Å². The van der Waals surface area contributed by atoms with Crippen LogP contribution in [-0.4, -0.2) is 21.3 Å². The zero-order valence-corrected chi connectivity index (χ0v) is 15.1. The van der Waals surface area contributed by atoms with Crippen molar-refractivity contribution in [1.82, 2.24) is 5.32 Å². The Bertz CT molecular complexity index is 612. The lowest BCUT2D eigenvalue weighted by Crippen LogP contribution is -2.17. The summed E-state index contributed by atoms with van der Waals surface area (Å²) < 4.78 is 11.8. The lowest BCUT2D eigenvalue weighted by Gasteiger charge is -2.20. The van der Waals surface area contributed by atoms with Crippen molar-refractivity contribution in [3.8, 4) is 11.5 Å². The zero-order chi connectivity index (χ0) is 15.4. The first-order valence-electron chi connectivity index (χ1n) is 6.82. The van der Waals surface area contributed by atoms with Crippen LogP contribution < -0.4 is 14.8 Å². The van der Waals surface area contributed by atoms with Crippen LogP contribution in [-0.2, 0) is 6.42 Å². The van der Waals surface area contributed by atoms with E-state index < -0.39 is 0 Å². The van der Waals surface area contributed by atoms with Crippen LogP contribution in [0.15, 0.2) is 28.7 Å². The first-order valence-corrected chi connectivity index (χ1v) is 8.43. The number of methoxy groups -OCH3 is 2. The minimum atomic E-state index is 0.104. The molecule has 0 radical (unpaired) electrons. The summed E-state index contributed by atoms with van der Waals surface area (Å²) in [6.45, 7) is 2.18. The highest BCUT2D eigenvalue weighted by atomic mass is 79.9. The molecule has 0 amide bonds. The van der Waals surface area contributed by atoms with E-state index in [0.717, 1.165) is 28.0 Å². The van der Waals surface area contributed by atoms with E-state index in [-0.39, 0.29) is 6.04 Å². The second kappa shape index (κ2) is 7.29. The second-order valence-corrected chi connectivity index (χ2v) is 6.58. The minimum Gasteiger partial charge on any atom is -0.495 e. The number of thiophene rings is 1. The van der Waals surface area contributed by atoms with Gasteiger partial charge in [-0.2, -0.15) is 0 Å². The van der Waals surface area contributed by atoms with E-state index in [1.165, 1.54) is 9.75 Å². The van der Waals surface area contributed by atoms with E-state index >= 15 is 0 Å². The van der Waals surface area contributed by atoms with Crippen LogP contribution in [0.25, 0.3) is 0 Å². The molecule has 0 spiro atoms. The van der Waals surface area contributed by atoms with Gasteiger partial charge in [0.05, 0.1) is 20.3 Å². The van der Waals surface area contributed by atoms with Crippen molar-refractivity contribution in [3.63, 3.8) is 0 Å². The fourth-order valence-electron chi connectivity index (χ4n) is 2.34. The first kappa shape index (κ1) is 16.3. The van der Waals surface area contributed by atoms with Gasteiger partial charge in [-0.3, -0.25) is 0 Å². The van der Waals surface area contributed by atoms with Gasteiger partial charge in [0.15, 0.2) is 0 Å². The van der Waals surface area contributed by atoms with Gasteiger partial charge in [-0.25, -0.2) is 0 Å². The number of hydrogen-bond donors (Lipinski definition) is 1. The lowest BCUT2D eigenvalue weighted by atomic mass is 10.0. The van der Waals surface area contributed by atoms with Gasteiger partial charge in [0.25, 0.3) is 0 Å². The highest BCUT2D eigenvalue weighted by molar-refractivity contribution is 9.10. The van der Waals surface area contributed by atoms with Gasteiger partial charge in [-0.15, -0.1) is 11.3 Å². The molecule has 5 heteroatoms. The van der Waals surface area contributed by atoms with Gasteiger partial charge in [0.1, 0.15) is 16.0 Å². The molecule has 2 aromatic rings. The molecule has 1 aromatic heterocycles. The van der Waals surface area contributed by atoms with Crippen LogP contribution in [0.2, 0.25) is 0 Å². The van der Waals surface area contributed by atoms with Crippen molar-refractivity contribution >= 4 is 27.3 Å². The Morgan fingerprint density at radius 3 is 2.48 bits per heavy atom. The fourth-order valence-corrected chi connectivity index (χ4v) is 4.10. The van der Waals surface area contributed by atoms with Crippen molar-refractivity contribution in [2.45, 2.75) is 19.4 Å². The molecule has 1 atom stereocenters. The van der Waals surface area contributed by atoms with Gasteiger partial charge >= 0.3 is 0 Å². The Balaban J connectivity index is 2.49. The van der Waals surface area contributed by atoms with Crippen molar-refractivity contribution in [3.05, 3.63) is 44.1 Å². The summed E-state index contributed by atoms with van der Waals surface area (Å²) in [4.78, 5) is 2.67. The number of nitrogens with one attached hydrogen (secondary N) is 1. The molecule has 0 fully saturated rings. The molecule has 0 aliphatic carbocycles. The Morgan fingerprint density at radius 1 is 1.19 bits per heavy atom. The molecule has 0 aliphatic heterocycles.